The number of nitrogens with two attached hydrogens (primary N) is 1. The lowest BCUT2D eigenvalue weighted by atomic mass is 10.1. The van der Waals surface area contributed by atoms with E-state index in [1.54, 1.807) is 19.5 Å². The van der Waals surface area contributed by atoms with Crippen LogP contribution in [-0.4, -0.2) is 36.9 Å². The highest BCUT2D eigenvalue weighted by atomic mass is 16.5. The maximum atomic E-state index is 5.92. The molecule has 0 aromatic carbocycles. The average molecular weight is 211 g/mol. The minimum absolute atomic E-state index is 0.0613. The van der Waals surface area contributed by atoms with Crippen molar-refractivity contribution in [1.29, 1.82) is 0 Å². The summed E-state index contributed by atoms with van der Waals surface area (Å²) < 4.78 is 10.2. The van der Waals surface area contributed by atoms with Crippen LogP contribution in [0, 0.1) is 0 Å². The lowest BCUT2D eigenvalue weighted by Crippen LogP contribution is -2.14. The number of nitrogens with zero attached hydrogens (tertiary/aromatic N) is 2. The van der Waals surface area contributed by atoms with E-state index in [0.29, 0.717) is 19.8 Å². The number of hydrogen-bond acceptors (Lipinski definition) is 5. The molecule has 1 atom stereocenters. The SMILES string of the molecule is COCCOCCC(N)c1cncnc1. The fraction of sp³-hybridized carbons (Fsp3) is 0.600. The van der Waals surface area contributed by atoms with Crippen LogP contribution < -0.4 is 5.73 Å². The van der Waals surface area contributed by atoms with Crippen molar-refractivity contribution in [2.75, 3.05) is 26.9 Å². The van der Waals surface area contributed by atoms with Crippen molar-refractivity contribution in [1.82, 2.24) is 9.97 Å². The zero-order chi connectivity index (χ0) is 10.9. The van der Waals surface area contributed by atoms with E-state index in [1.807, 2.05) is 0 Å². The molecule has 0 radical (unpaired) electrons. The summed E-state index contributed by atoms with van der Waals surface area (Å²) >= 11 is 0. The third-order valence-corrected chi connectivity index (χ3v) is 2.01. The van der Waals surface area contributed by atoms with Crippen LogP contribution in [0.4, 0.5) is 0 Å². The van der Waals surface area contributed by atoms with Gasteiger partial charge in [0.2, 0.25) is 0 Å². The first kappa shape index (κ1) is 12.0. The van der Waals surface area contributed by atoms with Gasteiger partial charge in [-0.2, -0.15) is 0 Å². The molecule has 1 rings (SSSR count). The normalized spacial score (nSPS) is 12.7. The molecule has 1 unspecified atom stereocenters. The molecule has 2 N–H and O–H groups in total. The van der Waals surface area contributed by atoms with Gasteiger partial charge in [0.05, 0.1) is 13.2 Å². The fourth-order valence-electron chi connectivity index (χ4n) is 1.12. The van der Waals surface area contributed by atoms with Crippen molar-refractivity contribution >= 4 is 0 Å². The molecule has 0 aliphatic carbocycles. The molecule has 0 saturated heterocycles. The molecule has 0 aliphatic heterocycles. The molecule has 0 bridgehead atoms. The number of methoxy groups -OCH3 is 1. The largest absolute Gasteiger partial charge is 0.382 e. The van der Waals surface area contributed by atoms with E-state index in [2.05, 4.69) is 9.97 Å². The van der Waals surface area contributed by atoms with Crippen molar-refractivity contribution in [3.63, 3.8) is 0 Å². The van der Waals surface area contributed by atoms with E-state index < -0.39 is 0 Å². The molecule has 5 heteroatoms. The lowest BCUT2D eigenvalue weighted by Gasteiger charge is -2.10. The van der Waals surface area contributed by atoms with Crippen molar-refractivity contribution in [2.24, 2.45) is 5.73 Å². The standard InChI is InChI=1S/C10H17N3O2/c1-14-4-5-15-3-2-10(11)9-6-12-8-13-7-9/h6-8,10H,2-5,11H2,1H3. The van der Waals surface area contributed by atoms with Gasteiger partial charge >= 0.3 is 0 Å². The molecule has 0 aliphatic rings. The van der Waals surface area contributed by atoms with E-state index >= 15 is 0 Å². The maximum Gasteiger partial charge on any atom is 0.115 e. The van der Waals surface area contributed by atoms with Gasteiger partial charge in [-0.25, -0.2) is 9.97 Å². The highest BCUT2D eigenvalue weighted by molar-refractivity contribution is 5.07. The lowest BCUT2D eigenvalue weighted by molar-refractivity contribution is 0.0672. The summed E-state index contributed by atoms with van der Waals surface area (Å²) in [7, 11) is 1.65. The summed E-state index contributed by atoms with van der Waals surface area (Å²) in [6, 6.07) is -0.0613. The Morgan fingerprint density at radius 3 is 2.67 bits per heavy atom. The highest BCUT2D eigenvalue weighted by Gasteiger charge is 2.05. The van der Waals surface area contributed by atoms with Crippen molar-refractivity contribution in [3.05, 3.63) is 24.3 Å². The Hall–Kier alpha value is -1.04. The Labute approximate surface area is 89.6 Å². The topological polar surface area (TPSA) is 70.3 Å². The Balaban J connectivity index is 2.16. The summed E-state index contributed by atoms with van der Waals surface area (Å²) in [5, 5.41) is 0. The van der Waals surface area contributed by atoms with Crippen molar-refractivity contribution in [3.8, 4) is 0 Å². The summed E-state index contributed by atoms with van der Waals surface area (Å²) in [6.45, 7) is 1.84. The van der Waals surface area contributed by atoms with E-state index in [1.165, 1.54) is 6.33 Å². The minimum Gasteiger partial charge on any atom is -0.382 e. The molecule has 0 amide bonds. The molecule has 0 saturated carbocycles. The third-order valence-electron chi connectivity index (χ3n) is 2.01. The van der Waals surface area contributed by atoms with Gasteiger partial charge in [0.1, 0.15) is 6.33 Å². The quantitative estimate of drug-likeness (QED) is 0.666. The maximum absolute atomic E-state index is 5.92. The molecule has 84 valence electrons. The summed E-state index contributed by atoms with van der Waals surface area (Å²) in [5.74, 6) is 0. The van der Waals surface area contributed by atoms with Gasteiger partial charge in [-0.05, 0) is 6.42 Å². The van der Waals surface area contributed by atoms with Crippen LogP contribution in [0.2, 0.25) is 0 Å². The van der Waals surface area contributed by atoms with Gasteiger partial charge in [0.15, 0.2) is 0 Å². The second kappa shape index (κ2) is 7.28. The average Bonchev–Trinajstić information content (AvgIpc) is 2.30. The number of ether oxygens (including phenoxy) is 2. The molecule has 0 spiro atoms. The second-order valence-corrected chi connectivity index (χ2v) is 3.17. The summed E-state index contributed by atoms with van der Waals surface area (Å²) in [6.07, 6.45) is 5.71. The van der Waals surface area contributed by atoms with Gasteiger partial charge in [0, 0.05) is 37.7 Å². The monoisotopic (exact) mass is 211 g/mol. The first-order valence-corrected chi connectivity index (χ1v) is 4.91. The van der Waals surface area contributed by atoms with Crippen molar-refractivity contribution < 1.29 is 9.47 Å². The Morgan fingerprint density at radius 2 is 2.00 bits per heavy atom. The molecule has 15 heavy (non-hydrogen) atoms. The van der Waals surface area contributed by atoms with E-state index in [9.17, 15) is 0 Å². The fourth-order valence-corrected chi connectivity index (χ4v) is 1.12. The van der Waals surface area contributed by atoms with Crippen LogP contribution in [0.1, 0.15) is 18.0 Å². The van der Waals surface area contributed by atoms with Gasteiger partial charge in [-0.1, -0.05) is 0 Å². The Bertz CT molecular complexity index is 256. The molecule has 5 nitrogen and oxygen atoms in total. The van der Waals surface area contributed by atoms with Gasteiger partial charge in [-0.15, -0.1) is 0 Å². The number of rotatable bonds is 7. The van der Waals surface area contributed by atoms with E-state index in [-0.39, 0.29) is 6.04 Å². The first-order chi connectivity index (χ1) is 7.34. The molecular weight excluding hydrogens is 194 g/mol. The van der Waals surface area contributed by atoms with Gasteiger partial charge in [-0.3, -0.25) is 0 Å². The third kappa shape index (κ3) is 4.83. The van der Waals surface area contributed by atoms with Gasteiger partial charge < -0.3 is 15.2 Å². The number of aromatic nitrogens is 2. The van der Waals surface area contributed by atoms with Gasteiger partial charge in [0.25, 0.3) is 0 Å². The van der Waals surface area contributed by atoms with Crippen LogP contribution in [0.25, 0.3) is 0 Å². The molecule has 1 aromatic heterocycles. The predicted octanol–water partition coefficient (Wildman–Crippen LogP) is 0.529. The molecular formula is C10H17N3O2. The number of hydrogen-bond donors (Lipinski definition) is 1. The van der Waals surface area contributed by atoms with Crippen LogP contribution in [0.5, 0.6) is 0 Å². The zero-order valence-corrected chi connectivity index (χ0v) is 8.93. The predicted molar refractivity (Wildman–Crippen MR) is 56.3 cm³/mol. The smallest absolute Gasteiger partial charge is 0.115 e. The minimum atomic E-state index is -0.0613. The first-order valence-electron chi connectivity index (χ1n) is 4.91. The van der Waals surface area contributed by atoms with Crippen LogP contribution in [-0.2, 0) is 9.47 Å². The van der Waals surface area contributed by atoms with Crippen LogP contribution >= 0.6 is 0 Å². The second-order valence-electron chi connectivity index (χ2n) is 3.17. The Kier molecular flexibility index (Phi) is 5.84. The van der Waals surface area contributed by atoms with E-state index in [4.69, 9.17) is 15.2 Å². The Morgan fingerprint density at radius 1 is 1.27 bits per heavy atom. The van der Waals surface area contributed by atoms with E-state index in [0.717, 1.165) is 12.0 Å². The molecule has 0 fully saturated rings. The van der Waals surface area contributed by atoms with Crippen LogP contribution in [0.15, 0.2) is 18.7 Å². The highest BCUT2D eigenvalue weighted by Crippen LogP contribution is 2.10. The van der Waals surface area contributed by atoms with Crippen LogP contribution in [0.3, 0.4) is 0 Å². The summed E-state index contributed by atoms with van der Waals surface area (Å²) in [5.41, 5.74) is 6.86. The zero-order valence-electron chi connectivity index (χ0n) is 8.93. The summed E-state index contributed by atoms with van der Waals surface area (Å²) in [4.78, 5) is 7.82. The molecule has 1 aromatic rings. The molecule has 1 heterocycles. The van der Waals surface area contributed by atoms with Crippen molar-refractivity contribution in [2.45, 2.75) is 12.5 Å².